The van der Waals surface area contributed by atoms with Crippen molar-refractivity contribution in [3.05, 3.63) is 30.7 Å². The minimum absolute atomic E-state index is 0.198. The summed E-state index contributed by atoms with van der Waals surface area (Å²) in [5.41, 5.74) is 0. The van der Waals surface area contributed by atoms with E-state index in [1.54, 1.807) is 37.6 Å². The molecule has 0 aromatic heterocycles. The third-order valence-electron chi connectivity index (χ3n) is 2.35. The molecule has 0 aromatic rings. The van der Waals surface area contributed by atoms with Crippen LogP contribution in [0.4, 0.5) is 0 Å². The average Bonchev–Trinajstić information content (AvgIpc) is 2.40. The van der Waals surface area contributed by atoms with Crippen LogP contribution in [-0.2, 0) is 4.79 Å². The van der Waals surface area contributed by atoms with E-state index in [0.717, 1.165) is 19.3 Å². The van der Waals surface area contributed by atoms with Gasteiger partial charge in [-0.25, -0.2) is 4.79 Å². The van der Waals surface area contributed by atoms with Crippen LogP contribution < -0.4 is 0 Å². The van der Waals surface area contributed by atoms with Gasteiger partial charge in [-0.15, -0.1) is 12.3 Å². The number of allylic oxidation sites excluding steroid dienone is 3. The maximum absolute atomic E-state index is 11.0. The second-order valence-corrected chi connectivity index (χ2v) is 4.00. The number of aliphatic hydroxyl groups is 1. The van der Waals surface area contributed by atoms with E-state index >= 15 is 0 Å². The number of hydrogen-bond donors (Lipinski definition) is 1. The molecular formula is C17H21O2+. The van der Waals surface area contributed by atoms with Crippen LogP contribution in [-0.4, -0.2) is 17.0 Å². The molecular weight excluding hydrogens is 236 g/mol. The van der Waals surface area contributed by atoms with Gasteiger partial charge in [0.25, 0.3) is 0 Å². The highest BCUT2D eigenvalue weighted by atomic mass is 16.3. The Hall–Kier alpha value is -1.90. The molecule has 0 saturated carbocycles. The normalized spacial score (nSPS) is 11.8. The number of carbonyl (C=O) groups is 1. The molecule has 1 N–H and O–H groups in total. The molecule has 0 amide bonds. The fraction of sp³-hybridized carbons (Fsp3) is 0.412. The molecule has 0 bridgehead atoms. The van der Waals surface area contributed by atoms with E-state index in [1.165, 1.54) is 0 Å². The molecule has 0 aliphatic carbocycles. The number of terminal acetylenes is 1. The molecule has 1 atom stereocenters. The average molecular weight is 257 g/mol. The Morgan fingerprint density at radius 2 is 2.21 bits per heavy atom. The molecule has 0 rings (SSSR count). The lowest BCUT2D eigenvalue weighted by Gasteiger charge is -1.95. The summed E-state index contributed by atoms with van der Waals surface area (Å²) in [6, 6.07) is 0. The zero-order chi connectivity index (χ0) is 14.3. The smallest absolute Gasteiger partial charge is 0.305 e. The SMILES string of the molecule is C#CCC(O)/C=C/C=C/C#CCCCCC(=O)[CH+]C. The third kappa shape index (κ3) is 12.3. The van der Waals surface area contributed by atoms with Crippen molar-refractivity contribution in [2.75, 3.05) is 0 Å². The second kappa shape index (κ2) is 12.6. The van der Waals surface area contributed by atoms with Gasteiger partial charge in [-0.05, 0) is 18.9 Å². The van der Waals surface area contributed by atoms with Crippen LogP contribution in [0.25, 0.3) is 0 Å². The van der Waals surface area contributed by atoms with E-state index < -0.39 is 6.10 Å². The van der Waals surface area contributed by atoms with Gasteiger partial charge in [0.15, 0.2) is 0 Å². The van der Waals surface area contributed by atoms with E-state index in [9.17, 15) is 9.90 Å². The van der Waals surface area contributed by atoms with E-state index in [4.69, 9.17) is 6.42 Å². The Morgan fingerprint density at radius 3 is 2.89 bits per heavy atom. The van der Waals surface area contributed by atoms with Gasteiger partial charge in [0, 0.05) is 12.8 Å². The number of ketones is 1. The fourth-order valence-electron chi connectivity index (χ4n) is 1.27. The fourth-order valence-corrected chi connectivity index (χ4v) is 1.27. The maximum atomic E-state index is 11.0. The lowest BCUT2D eigenvalue weighted by atomic mass is 10.1. The molecule has 19 heavy (non-hydrogen) atoms. The quantitative estimate of drug-likeness (QED) is 0.314. The molecule has 0 fully saturated rings. The minimum Gasteiger partial charge on any atom is -0.388 e. The lowest BCUT2D eigenvalue weighted by molar-refractivity contribution is -0.115. The number of unbranched alkanes of at least 4 members (excludes halogenated alkanes) is 2. The van der Waals surface area contributed by atoms with Crippen molar-refractivity contribution < 1.29 is 9.90 Å². The van der Waals surface area contributed by atoms with Crippen LogP contribution in [0.2, 0.25) is 0 Å². The van der Waals surface area contributed by atoms with Crippen LogP contribution in [0.1, 0.15) is 39.0 Å². The molecule has 0 aliphatic heterocycles. The highest BCUT2D eigenvalue weighted by Gasteiger charge is 2.05. The molecule has 2 nitrogen and oxygen atoms in total. The van der Waals surface area contributed by atoms with Crippen molar-refractivity contribution in [2.24, 2.45) is 0 Å². The van der Waals surface area contributed by atoms with Gasteiger partial charge in [-0.3, -0.25) is 0 Å². The molecule has 100 valence electrons. The Labute approximate surface area is 116 Å². The second-order valence-electron chi connectivity index (χ2n) is 4.00. The zero-order valence-electron chi connectivity index (χ0n) is 11.4. The van der Waals surface area contributed by atoms with E-state index in [1.807, 2.05) is 0 Å². The third-order valence-corrected chi connectivity index (χ3v) is 2.35. The largest absolute Gasteiger partial charge is 0.388 e. The summed E-state index contributed by atoms with van der Waals surface area (Å²) >= 11 is 0. The van der Waals surface area contributed by atoms with Crippen LogP contribution in [0.15, 0.2) is 24.3 Å². The van der Waals surface area contributed by atoms with Crippen molar-refractivity contribution in [3.8, 4) is 24.2 Å². The van der Waals surface area contributed by atoms with Gasteiger partial charge in [0.05, 0.1) is 19.4 Å². The number of carbonyl (C=O) groups excluding carboxylic acids is 1. The highest BCUT2D eigenvalue weighted by molar-refractivity contribution is 5.86. The molecule has 0 aromatic carbocycles. The van der Waals surface area contributed by atoms with Gasteiger partial charge < -0.3 is 5.11 Å². The first-order valence-electron chi connectivity index (χ1n) is 6.46. The molecule has 0 radical (unpaired) electrons. The lowest BCUT2D eigenvalue weighted by Crippen LogP contribution is -1.98. The summed E-state index contributed by atoms with van der Waals surface area (Å²) in [4.78, 5) is 11.0. The number of aliphatic hydroxyl groups excluding tert-OH is 1. The van der Waals surface area contributed by atoms with E-state index in [0.29, 0.717) is 12.8 Å². The first-order chi connectivity index (χ1) is 9.20. The summed E-state index contributed by atoms with van der Waals surface area (Å²) in [7, 11) is 0. The van der Waals surface area contributed by atoms with Gasteiger partial charge >= 0.3 is 5.78 Å². The van der Waals surface area contributed by atoms with Crippen LogP contribution in [0, 0.1) is 30.6 Å². The molecule has 0 heterocycles. The highest BCUT2D eigenvalue weighted by Crippen LogP contribution is 2.00. The van der Waals surface area contributed by atoms with Crippen molar-refractivity contribution in [2.45, 2.75) is 45.1 Å². The van der Waals surface area contributed by atoms with Gasteiger partial charge in [-0.1, -0.05) is 30.1 Å². The molecule has 2 heteroatoms. The first kappa shape index (κ1) is 17.1. The summed E-state index contributed by atoms with van der Waals surface area (Å²) in [5.74, 6) is 8.48. The van der Waals surface area contributed by atoms with Crippen molar-refractivity contribution in [1.29, 1.82) is 0 Å². The maximum Gasteiger partial charge on any atom is 0.305 e. The summed E-state index contributed by atoms with van der Waals surface area (Å²) in [5, 5.41) is 9.28. The Morgan fingerprint density at radius 1 is 1.42 bits per heavy atom. The van der Waals surface area contributed by atoms with Gasteiger partial charge in [0.1, 0.15) is 6.42 Å². The monoisotopic (exact) mass is 257 g/mol. The van der Waals surface area contributed by atoms with Gasteiger partial charge in [-0.2, -0.15) is 0 Å². The molecule has 0 aliphatic rings. The Bertz CT molecular complexity index is 399. The summed E-state index contributed by atoms with van der Waals surface area (Å²) < 4.78 is 0. The number of hydrogen-bond acceptors (Lipinski definition) is 2. The van der Waals surface area contributed by atoms with Crippen LogP contribution >= 0.6 is 0 Å². The van der Waals surface area contributed by atoms with Crippen LogP contribution in [0.3, 0.4) is 0 Å². The standard InChI is InChI=1S/C17H21O2/c1-3-13-17(19)15-12-10-8-6-5-7-9-11-14-16(18)4-2/h1,4,8,10,12,15,17,19H,7,9,11,13-14H2,2H3/q+1/b10-8+,15-12+. The molecule has 0 spiro atoms. The molecule has 0 saturated heterocycles. The van der Waals surface area contributed by atoms with E-state index in [-0.39, 0.29) is 5.78 Å². The number of rotatable bonds is 8. The van der Waals surface area contributed by atoms with Crippen molar-refractivity contribution in [1.82, 2.24) is 0 Å². The predicted molar refractivity (Wildman–Crippen MR) is 79.0 cm³/mol. The zero-order valence-corrected chi connectivity index (χ0v) is 11.4. The minimum atomic E-state index is -0.587. The Kier molecular flexibility index (Phi) is 11.3. The van der Waals surface area contributed by atoms with Crippen molar-refractivity contribution in [3.63, 3.8) is 0 Å². The predicted octanol–water partition coefficient (Wildman–Crippen LogP) is 2.84. The number of Topliss-reactive ketones (excluding diaryl/α,β-unsaturated/α-hetero) is 1. The first-order valence-corrected chi connectivity index (χ1v) is 6.46. The topological polar surface area (TPSA) is 37.3 Å². The van der Waals surface area contributed by atoms with Crippen LogP contribution in [0.5, 0.6) is 0 Å². The summed E-state index contributed by atoms with van der Waals surface area (Å²) in [6.45, 7) is 1.76. The van der Waals surface area contributed by atoms with Gasteiger partial charge in [0.2, 0.25) is 0 Å². The Balaban J connectivity index is 3.64. The van der Waals surface area contributed by atoms with E-state index in [2.05, 4.69) is 17.8 Å². The summed E-state index contributed by atoms with van der Waals surface area (Å²) in [6.07, 6.45) is 16.5. The van der Waals surface area contributed by atoms with Crippen molar-refractivity contribution >= 4 is 5.78 Å². The molecule has 1 unspecified atom stereocenters.